The van der Waals surface area contributed by atoms with E-state index in [4.69, 9.17) is 16.0 Å². The molecule has 2 unspecified atom stereocenters. The molecule has 3 rings (SSSR count). The Morgan fingerprint density at radius 2 is 2.30 bits per heavy atom. The van der Waals surface area contributed by atoms with E-state index in [-0.39, 0.29) is 5.92 Å². The predicted molar refractivity (Wildman–Crippen MR) is 87.1 cm³/mol. The van der Waals surface area contributed by atoms with Crippen LogP contribution in [0.25, 0.3) is 11.3 Å². The Hall–Kier alpha value is -1.85. The van der Waals surface area contributed by atoms with Crippen molar-refractivity contribution < 1.29 is 14.3 Å². The van der Waals surface area contributed by atoms with Gasteiger partial charge in [-0.25, -0.2) is 4.98 Å². The van der Waals surface area contributed by atoms with Gasteiger partial charge >= 0.3 is 5.97 Å². The van der Waals surface area contributed by atoms with E-state index in [0.717, 1.165) is 18.5 Å². The molecular formula is C17H19ClN2O3. The van der Waals surface area contributed by atoms with Gasteiger partial charge in [-0.3, -0.25) is 9.69 Å². The van der Waals surface area contributed by atoms with E-state index in [1.54, 1.807) is 6.20 Å². The van der Waals surface area contributed by atoms with Crippen LogP contribution >= 0.6 is 11.6 Å². The highest BCUT2D eigenvalue weighted by molar-refractivity contribution is 6.30. The molecule has 122 valence electrons. The lowest BCUT2D eigenvalue weighted by Gasteiger charge is -2.33. The number of nitrogens with zero attached hydrogens (tertiary/aromatic N) is 2. The van der Waals surface area contributed by atoms with Crippen LogP contribution in [0.3, 0.4) is 0 Å². The number of benzene rings is 1. The monoisotopic (exact) mass is 334 g/mol. The number of aliphatic carboxylic acids is 1. The first-order valence-electron chi connectivity index (χ1n) is 7.67. The van der Waals surface area contributed by atoms with Crippen LogP contribution in [-0.2, 0) is 11.3 Å². The minimum atomic E-state index is -0.728. The third-order valence-corrected chi connectivity index (χ3v) is 4.34. The molecule has 6 heteroatoms. The molecule has 1 aliphatic heterocycles. The van der Waals surface area contributed by atoms with Crippen LogP contribution in [0.4, 0.5) is 0 Å². The van der Waals surface area contributed by atoms with E-state index < -0.39 is 5.97 Å². The van der Waals surface area contributed by atoms with Gasteiger partial charge in [0.1, 0.15) is 0 Å². The molecule has 1 aromatic carbocycles. The van der Waals surface area contributed by atoms with Crippen LogP contribution in [0.15, 0.2) is 34.9 Å². The topological polar surface area (TPSA) is 66.6 Å². The number of halogens is 1. The van der Waals surface area contributed by atoms with Gasteiger partial charge in [-0.1, -0.05) is 30.7 Å². The molecule has 0 saturated carbocycles. The standard InChI is InChI=1S/C17H19ClN2O3/c1-11-5-13(17(21)22)9-20(8-11)10-16-19-7-15(23-16)12-3-2-4-14(18)6-12/h2-4,6-7,11,13H,5,8-10H2,1H3,(H,21,22). The smallest absolute Gasteiger partial charge is 0.307 e. The number of carbonyl (C=O) groups is 1. The first kappa shape index (κ1) is 16.0. The van der Waals surface area contributed by atoms with E-state index in [1.165, 1.54) is 0 Å². The van der Waals surface area contributed by atoms with Crippen molar-refractivity contribution in [3.05, 3.63) is 41.4 Å². The van der Waals surface area contributed by atoms with Gasteiger partial charge in [-0.05, 0) is 24.5 Å². The third kappa shape index (κ3) is 3.92. The van der Waals surface area contributed by atoms with Gasteiger partial charge in [0.25, 0.3) is 0 Å². The highest BCUT2D eigenvalue weighted by Gasteiger charge is 2.30. The molecule has 0 spiro atoms. The fourth-order valence-corrected chi connectivity index (χ4v) is 3.31. The van der Waals surface area contributed by atoms with Crippen LogP contribution in [0.1, 0.15) is 19.2 Å². The molecule has 1 fully saturated rings. The molecule has 0 bridgehead atoms. The normalized spacial score (nSPS) is 22.2. The van der Waals surface area contributed by atoms with E-state index >= 15 is 0 Å². The molecule has 1 aromatic heterocycles. The molecule has 2 aromatic rings. The molecule has 23 heavy (non-hydrogen) atoms. The lowest BCUT2D eigenvalue weighted by atomic mass is 9.90. The molecule has 2 heterocycles. The summed E-state index contributed by atoms with van der Waals surface area (Å²) in [4.78, 5) is 17.7. The van der Waals surface area contributed by atoms with Crippen molar-refractivity contribution in [2.24, 2.45) is 11.8 Å². The summed E-state index contributed by atoms with van der Waals surface area (Å²) in [5.74, 6) is 0.572. The zero-order valence-corrected chi connectivity index (χ0v) is 13.7. The second kappa shape index (κ2) is 6.72. The average molecular weight is 335 g/mol. The number of aromatic nitrogens is 1. The number of likely N-dealkylation sites (tertiary alicyclic amines) is 1. The molecular weight excluding hydrogens is 316 g/mol. The van der Waals surface area contributed by atoms with Crippen molar-refractivity contribution in [3.63, 3.8) is 0 Å². The number of carboxylic acid groups (broad SMARTS) is 1. The molecule has 1 N–H and O–H groups in total. The van der Waals surface area contributed by atoms with Crippen molar-refractivity contribution in [1.82, 2.24) is 9.88 Å². The third-order valence-electron chi connectivity index (χ3n) is 4.11. The van der Waals surface area contributed by atoms with Crippen molar-refractivity contribution in [2.75, 3.05) is 13.1 Å². The lowest BCUT2D eigenvalue weighted by molar-refractivity contribution is -0.144. The fraction of sp³-hybridized carbons (Fsp3) is 0.412. The quantitative estimate of drug-likeness (QED) is 0.926. The highest BCUT2D eigenvalue weighted by Crippen LogP contribution is 2.26. The van der Waals surface area contributed by atoms with Gasteiger partial charge in [0.2, 0.25) is 5.89 Å². The van der Waals surface area contributed by atoms with E-state index in [0.29, 0.717) is 35.7 Å². The molecule has 0 aliphatic carbocycles. The van der Waals surface area contributed by atoms with Gasteiger partial charge in [0.15, 0.2) is 5.76 Å². The molecule has 5 nitrogen and oxygen atoms in total. The van der Waals surface area contributed by atoms with E-state index in [9.17, 15) is 9.90 Å². The number of oxazole rings is 1. The number of hydrogen-bond donors (Lipinski definition) is 1. The Morgan fingerprint density at radius 1 is 1.48 bits per heavy atom. The Balaban J connectivity index is 1.70. The van der Waals surface area contributed by atoms with Gasteiger partial charge < -0.3 is 9.52 Å². The Bertz CT molecular complexity index is 701. The maximum absolute atomic E-state index is 11.2. The summed E-state index contributed by atoms with van der Waals surface area (Å²) in [7, 11) is 0. The summed E-state index contributed by atoms with van der Waals surface area (Å²) in [6.07, 6.45) is 2.41. The largest absolute Gasteiger partial charge is 0.481 e. The Morgan fingerprint density at radius 3 is 3.04 bits per heavy atom. The summed E-state index contributed by atoms with van der Waals surface area (Å²) in [6.45, 7) is 4.00. The van der Waals surface area contributed by atoms with E-state index in [2.05, 4.69) is 16.8 Å². The van der Waals surface area contributed by atoms with Crippen LogP contribution in [0.5, 0.6) is 0 Å². The summed E-state index contributed by atoms with van der Waals surface area (Å²) >= 11 is 5.99. The zero-order valence-electron chi connectivity index (χ0n) is 12.9. The minimum absolute atomic E-state index is 0.318. The second-order valence-electron chi connectivity index (χ2n) is 6.20. The summed E-state index contributed by atoms with van der Waals surface area (Å²) in [5, 5.41) is 9.89. The van der Waals surface area contributed by atoms with Crippen LogP contribution in [0, 0.1) is 11.8 Å². The Labute approximate surface area is 139 Å². The van der Waals surface area contributed by atoms with Gasteiger partial charge in [-0.15, -0.1) is 0 Å². The zero-order chi connectivity index (χ0) is 16.4. The summed E-state index contributed by atoms with van der Waals surface area (Å²) < 4.78 is 5.80. The van der Waals surface area contributed by atoms with Gasteiger partial charge in [0, 0.05) is 23.7 Å². The summed E-state index contributed by atoms with van der Waals surface area (Å²) in [5.41, 5.74) is 0.881. The molecule has 0 amide bonds. The van der Waals surface area contributed by atoms with Crippen LogP contribution < -0.4 is 0 Å². The first-order chi connectivity index (χ1) is 11.0. The fourth-order valence-electron chi connectivity index (χ4n) is 3.12. The predicted octanol–water partition coefficient (Wildman–Crippen LogP) is 3.54. The second-order valence-corrected chi connectivity index (χ2v) is 6.64. The summed E-state index contributed by atoms with van der Waals surface area (Å²) in [6, 6.07) is 7.42. The Kier molecular flexibility index (Phi) is 4.68. The van der Waals surface area contributed by atoms with Crippen molar-refractivity contribution >= 4 is 17.6 Å². The molecule has 0 radical (unpaired) electrons. The van der Waals surface area contributed by atoms with E-state index in [1.807, 2.05) is 24.3 Å². The molecule has 1 saturated heterocycles. The molecule has 1 aliphatic rings. The average Bonchev–Trinajstić information content (AvgIpc) is 2.95. The van der Waals surface area contributed by atoms with Crippen molar-refractivity contribution in [3.8, 4) is 11.3 Å². The van der Waals surface area contributed by atoms with Gasteiger partial charge in [0.05, 0.1) is 18.7 Å². The highest BCUT2D eigenvalue weighted by atomic mass is 35.5. The maximum atomic E-state index is 11.2. The number of rotatable bonds is 4. The number of carboxylic acids is 1. The van der Waals surface area contributed by atoms with Crippen LogP contribution in [0.2, 0.25) is 5.02 Å². The lowest BCUT2D eigenvalue weighted by Crippen LogP contribution is -2.42. The number of piperidine rings is 1. The minimum Gasteiger partial charge on any atom is -0.481 e. The van der Waals surface area contributed by atoms with Crippen LogP contribution in [-0.4, -0.2) is 34.0 Å². The maximum Gasteiger partial charge on any atom is 0.307 e. The van der Waals surface area contributed by atoms with Gasteiger partial charge in [-0.2, -0.15) is 0 Å². The number of hydrogen-bond acceptors (Lipinski definition) is 4. The first-order valence-corrected chi connectivity index (χ1v) is 8.05. The SMILES string of the molecule is CC1CC(C(=O)O)CN(Cc2ncc(-c3cccc(Cl)c3)o2)C1. The van der Waals surface area contributed by atoms with Crippen molar-refractivity contribution in [2.45, 2.75) is 19.9 Å². The molecule has 2 atom stereocenters. The van der Waals surface area contributed by atoms with Crippen molar-refractivity contribution in [1.29, 1.82) is 0 Å².